The summed E-state index contributed by atoms with van der Waals surface area (Å²) in [5.41, 5.74) is 1.17. The highest BCUT2D eigenvalue weighted by Crippen LogP contribution is 2.18. The average Bonchev–Trinajstić information content (AvgIpc) is 2.27. The van der Waals surface area contributed by atoms with Crippen molar-refractivity contribution in [3.8, 4) is 0 Å². The van der Waals surface area contributed by atoms with Crippen molar-refractivity contribution in [3.05, 3.63) is 30.1 Å². The van der Waals surface area contributed by atoms with Gasteiger partial charge in [-0.15, -0.1) is 0 Å². The minimum Gasteiger partial charge on any atom is -0.355 e. The molecule has 0 N–H and O–H groups in total. The molecule has 1 heterocycles. The van der Waals surface area contributed by atoms with Gasteiger partial charge in [-0.25, -0.2) is 0 Å². The zero-order chi connectivity index (χ0) is 11.4. The third kappa shape index (κ3) is 2.89. The van der Waals surface area contributed by atoms with Gasteiger partial charge in [-0.1, -0.05) is 6.07 Å². The van der Waals surface area contributed by atoms with Crippen LogP contribution < -0.4 is 0 Å². The van der Waals surface area contributed by atoms with Gasteiger partial charge in [0.25, 0.3) is 0 Å². The fourth-order valence-electron chi connectivity index (χ4n) is 1.33. The van der Waals surface area contributed by atoms with Crippen LogP contribution in [0.1, 0.15) is 18.5 Å². The Morgan fingerprint density at radius 1 is 1.40 bits per heavy atom. The van der Waals surface area contributed by atoms with Crippen LogP contribution in [0.5, 0.6) is 0 Å². The lowest BCUT2D eigenvalue weighted by Crippen LogP contribution is -2.37. The molecule has 0 aliphatic heterocycles. The lowest BCUT2D eigenvalue weighted by molar-refractivity contribution is 0.363. The highest BCUT2D eigenvalue weighted by atomic mass is 32.1. The Labute approximate surface area is 96.7 Å². The van der Waals surface area contributed by atoms with E-state index in [-0.39, 0.29) is 6.04 Å². The minimum atomic E-state index is 0.244. The van der Waals surface area contributed by atoms with E-state index in [0.29, 0.717) is 0 Å². The summed E-state index contributed by atoms with van der Waals surface area (Å²) in [4.78, 5) is 8.10. The Hall–Kier alpha value is -1.16. The minimum absolute atomic E-state index is 0.244. The average molecular weight is 223 g/mol. The summed E-state index contributed by atoms with van der Waals surface area (Å²) in [5.74, 6) is 0. The molecule has 0 aromatic carbocycles. The quantitative estimate of drug-likeness (QED) is 0.713. The highest BCUT2D eigenvalue weighted by Gasteiger charge is 2.15. The first kappa shape index (κ1) is 11.9. The molecule has 0 bridgehead atoms. The molecule has 1 aromatic rings. The standard InChI is InChI=1S/C11H17N3S/c1-9(10-6-5-7-12-8-10)14(4)11(15)13(2)3/h5-9H,1-4H3. The molecular formula is C11H17N3S. The van der Waals surface area contributed by atoms with Crippen LogP contribution in [0.25, 0.3) is 0 Å². The second-order valence-corrected chi connectivity index (χ2v) is 4.12. The van der Waals surface area contributed by atoms with Crippen molar-refractivity contribution >= 4 is 17.3 Å². The van der Waals surface area contributed by atoms with E-state index in [1.54, 1.807) is 6.20 Å². The Morgan fingerprint density at radius 2 is 2.07 bits per heavy atom. The van der Waals surface area contributed by atoms with Crippen molar-refractivity contribution in [1.82, 2.24) is 14.8 Å². The van der Waals surface area contributed by atoms with Gasteiger partial charge in [-0.05, 0) is 30.8 Å². The van der Waals surface area contributed by atoms with E-state index >= 15 is 0 Å². The van der Waals surface area contributed by atoms with Crippen LogP contribution in [0.3, 0.4) is 0 Å². The van der Waals surface area contributed by atoms with Gasteiger partial charge >= 0.3 is 0 Å². The maximum absolute atomic E-state index is 5.31. The Balaban J connectivity index is 2.77. The monoisotopic (exact) mass is 223 g/mol. The summed E-state index contributed by atoms with van der Waals surface area (Å²) in [5, 5.41) is 0.825. The van der Waals surface area contributed by atoms with Crippen LogP contribution in [-0.2, 0) is 0 Å². The summed E-state index contributed by atoms with van der Waals surface area (Å²) in [6.45, 7) is 2.12. The molecule has 1 rings (SSSR count). The van der Waals surface area contributed by atoms with E-state index in [2.05, 4.69) is 22.9 Å². The highest BCUT2D eigenvalue weighted by molar-refractivity contribution is 7.80. The molecule has 0 radical (unpaired) electrons. The number of hydrogen-bond acceptors (Lipinski definition) is 2. The summed E-state index contributed by atoms with van der Waals surface area (Å²) in [6, 6.07) is 4.25. The number of hydrogen-bond donors (Lipinski definition) is 0. The number of pyridine rings is 1. The molecule has 0 saturated heterocycles. The predicted octanol–water partition coefficient (Wildman–Crippen LogP) is 1.92. The third-order valence-corrected chi connectivity index (χ3v) is 3.09. The first-order valence-corrected chi connectivity index (χ1v) is 5.29. The van der Waals surface area contributed by atoms with Crippen molar-refractivity contribution in [2.24, 2.45) is 0 Å². The van der Waals surface area contributed by atoms with Gasteiger partial charge in [0.2, 0.25) is 0 Å². The van der Waals surface area contributed by atoms with Gasteiger partial charge in [0.05, 0.1) is 6.04 Å². The van der Waals surface area contributed by atoms with Crippen LogP contribution in [0.4, 0.5) is 0 Å². The van der Waals surface area contributed by atoms with E-state index in [4.69, 9.17) is 12.2 Å². The van der Waals surface area contributed by atoms with Crippen LogP contribution in [0.15, 0.2) is 24.5 Å². The molecule has 15 heavy (non-hydrogen) atoms. The molecule has 0 saturated carbocycles. The van der Waals surface area contributed by atoms with E-state index in [0.717, 1.165) is 5.11 Å². The van der Waals surface area contributed by atoms with Gasteiger partial charge in [0, 0.05) is 33.5 Å². The lowest BCUT2D eigenvalue weighted by Gasteiger charge is -2.30. The lowest BCUT2D eigenvalue weighted by atomic mass is 10.1. The molecular weight excluding hydrogens is 206 g/mol. The summed E-state index contributed by atoms with van der Waals surface area (Å²) in [6.07, 6.45) is 3.65. The van der Waals surface area contributed by atoms with Gasteiger partial charge in [-0.3, -0.25) is 4.98 Å². The largest absolute Gasteiger partial charge is 0.355 e. The van der Waals surface area contributed by atoms with E-state index in [9.17, 15) is 0 Å². The molecule has 4 heteroatoms. The van der Waals surface area contributed by atoms with E-state index in [1.807, 2.05) is 38.3 Å². The molecule has 0 spiro atoms. The zero-order valence-electron chi connectivity index (χ0n) is 9.64. The van der Waals surface area contributed by atoms with Gasteiger partial charge in [0.1, 0.15) is 0 Å². The number of nitrogens with zero attached hydrogens (tertiary/aromatic N) is 3. The summed E-state index contributed by atoms with van der Waals surface area (Å²) < 4.78 is 0. The van der Waals surface area contributed by atoms with Gasteiger partial charge < -0.3 is 9.80 Å². The molecule has 3 nitrogen and oxygen atoms in total. The van der Waals surface area contributed by atoms with Gasteiger partial charge in [-0.2, -0.15) is 0 Å². The molecule has 1 aromatic heterocycles. The van der Waals surface area contributed by atoms with Crippen LogP contribution in [-0.4, -0.2) is 41.0 Å². The molecule has 0 fully saturated rings. The summed E-state index contributed by atoms with van der Waals surface area (Å²) in [7, 11) is 5.91. The first-order chi connectivity index (χ1) is 7.04. The van der Waals surface area contributed by atoms with E-state index in [1.165, 1.54) is 5.56 Å². The Bertz CT molecular complexity index is 324. The Kier molecular flexibility index (Phi) is 4.03. The van der Waals surface area contributed by atoms with Crippen molar-refractivity contribution in [2.45, 2.75) is 13.0 Å². The maximum atomic E-state index is 5.31. The topological polar surface area (TPSA) is 19.4 Å². The smallest absolute Gasteiger partial charge is 0.171 e. The third-order valence-electron chi connectivity index (χ3n) is 2.43. The molecule has 1 atom stereocenters. The van der Waals surface area contributed by atoms with Crippen molar-refractivity contribution in [3.63, 3.8) is 0 Å². The zero-order valence-corrected chi connectivity index (χ0v) is 10.5. The number of thiocarbonyl (C=S) groups is 1. The number of aromatic nitrogens is 1. The number of rotatable bonds is 2. The van der Waals surface area contributed by atoms with Crippen LogP contribution >= 0.6 is 12.2 Å². The SMILES string of the molecule is CC(c1cccnc1)N(C)C(=S)N(C)C. The maximum Gasteiger partial charge on any atom is 0.171 e. The molecule has 0 amide bonds. The fourth-order valence-corrected chi connectivity index (χ4v) is 1.49. The molecule has 82 valence electrons. The molecule has 1 unspecified atom stereocenters. The Morgan fingerprint density at radius 3 is 2.53 bits per heavy atom. The van der Waals surface area contributed by atoms with E-state index < -0.39 is 0 Å². The second-order valence-electron chi connectivity index (χ2n) is 3.75. The van der Waals surface area contributed by atoms with Crippen LogP contribution in [0.2, 0.25) is 0 Å². The van der Waals surface area contributed by atoms with Crippen molar-refractivity contribution in [1.29, 1.82) is 0 Å². The van der Waals surface area contributed by atoms with Crippen LogP contribution in [0, 0.1) is 0 Å². The summed E-state index contributed by atoms with van der Waals surface area (Å²) >= 11 is 5.31. The molecule has 0 aliphatic carbocycles. The fraction of sp³-hybridized carbons (Fsp3) is 0.455. The molecule has 0 aliphatic rings. The van der Waals surface area contributed by atoms with Gasteiger partial charge in [0.15, 0.2) is 5.11 Å². The van der Waals surface area contributed by atoms with Crippen molar-refractivity contribution in [2.75, 3.05) is 21.1 Å². The first-order valence-electron chi connectivity index (χ1n) is 4.88. The predicted molar refractivity (Wildman–Crippen MR) is 66.7 cm³/mol. The second kappa shape index (κ2) is 5.07. The van der Waals surface area contributed by atoms with Crippen molar-refractivity contribution < 1.29 is 0 Å². The normalized spacial score (nSPS) is 12.0.